The Labute approximate surface area is 290 Å². The van der Waals surface area contributed by atoms with Crippen LogP contribution in [0.3, 0.4) is 0 Å². The third-order valence-electron chi connectivity index (χ3n) is 10.0. The maximum atomic E-state index is 6.37. The van der Waals surface area contributed by atoms with Gasteiger partial charge >= 0.3 is 0 Å². The molecule has 2 heteroatoms. The lowest BCUT2D eigenvalue weighted by molar-refractivity contribution is 0.669. The molecule has 0 fully saturated rings. The molecule has 0 bridgehead atoms. The Morgan fingerprint density at radius 2 is 0.880 bits per heavy atom. The average molecular weight is 638 g/mol. The van der Waals surface area contributed by atoms with Crippen molar-refractivity contribution < 1.29 is 4.42 Å². The number of fused-ring (bicyclic) bond motifs is 10. The Kier molecular flexibility index (Phi) is 6.53. The molecule has 10 rings (SSSR count). The number of rotatable bonds is 5. The number of benzene rings is 9. The summed E-state index contributed by atoms with van der Waals surface area (Å²) in [5.74, 6) is 0. The Balaban J connectivity index is 1.27. The summed E-state index contributed by atoms with van der Waals surface area (Å²) in [5.41, 5.74) is 9.92. The van der Waals surface area contributed by atoms with Crippen LogP contribution in [0.4, 0.5) is 17.1 Å². The second kappa shape index (κ2) is 11.5. The molecule has 2 nitrogen and oxygen atoms in total. The molecule has 0 aliphatic carbocycles. The van der Waals surface area contributed by atoms with Crippen molar-refractivity contribution in [1.82, 2.24) is 0 Å². The first-order chi connectivity index (χ1) is 24.8. The van der Waals surface area contributed by atoms with Gasteiger partial charge in [-0.15, -0.1) is 0 Å². The van der Waals surface area contributed by atoms with Crippen LogP contribution in [0.1, 0.15) is 0 Å². The van der Waals surface area contributed by atoms with Gasteiger partial charge in [-0.25, -0.2) is 0 Å². The van der Waals surface area contributed by atoms with E-state index in [1.54, 1.807) is 0 Å². The van der Waals surface area contributed by atoms with Gasteiger partial charge < -0.3 is 9.32 Å². The van der Waals surface area contributed by atoms with Gasteiger partial charge in [0.15, 0.2) is 0 Å². The molecule has 50 heavy (non-hydrogen) atoms. The molecule has 234 valence electrons. The molecule has 0 atom stereocenters. The zero-order valence-corrected chi connectivity index (χ0v) is 27.3. The highest BCUT2D eigenvalue weighted by atomic mass is 16.3. The third-order valence-corrected chi connectivity index (χ3v) is 10.0. The van der Waals surface area contributed by atoms with Crippen molar-refractivity contribution in [2.75, 3.05) is 4.90 Å². The van der Waals surface area contributed by atoms with Gasteiger partial charge in [0.05, 0.1) is 5.69 Å². The minimum atomic E-state index is 0.916. The van der Waals surface area contributed by atoms with Gasteiger partial charge in [0, 0.05) is 33.1 Å². The minimum absolute atomic E-state index is 0.916. The zero-order chi connectivity index (χ0) is 33.0. The average Bonchev–Trinajstić information content (AvgIpc) is 3.58. The minimum Gasteiger partial charge on any atom is -0.456 e. The predicted octanol–water partition coefficient (Wildman–Crippen LogP) is 13.8. The standard InChI is InChI=1S/C48H31NO/c1-3-15-32(16-4-1)33-17-13-20-35(31-33)49(34-18-5-2-6-19-34)43-27-11-9-21-36(43)37-25-14-26-39-41-29-30-45-48(42-24-10-12-28-44(42)50-45)47(41)40-23-8-7-22-38(40)46(37)39/h1-31H. The number of hydrogen-bond donors (Lipinski definition) is 0. The van der Waals surface area contributed by atoms with Crippen molar-refractivity contribution in [2.45, 2.75) is 0 Å². The highest BCUT2D eigenvalue weighted by molar-refractivity contribution is 6.36. The van der Waals surface area contributed by atoms with Crippen LogP contribution in [0.5, 0.6) is 0 Å². The first-order valence-corrected chi connectivity index (χ1v) is 17.1. The van der Waals surface area contributed by atoms with Gasteiger partial charge in [0.25, 0.3) is 0 Å². The fraction of sp³-hybridized carbons (Fsp3) is 0. The van der Waals surface area contributed by atoms with E-state index in [1.165, 1.54) is 60.0 Å². The summed E-state index contributed by atoms with van der Waals surface area (Å²) in [4.78, 5) is 2.39. The van der Waals surface area contributed by atoms with Crippen LogP contribution in [0, 0.1) is 0 Å². The van der Waals surface area contributed by atoms with Crippen molar-refractivity contribution >= 4 is 71.3 Å². The number of para-hydroxylation sites is 3. The van der Waals surface area contributed by atoms with Gasteiger partial charge in [-0.1, -0.05) is 140 Å². The summed E-state index contributed by atoms with van der Waals surface area (Å²) in [6.07, 6.45) is 0. The van der Waals surface area contributed by atoms with E-state index in [2.05, 4.69) is 187 Å². The lowest BCUT2D eigenvalue weighted by atomic mass is 9.87. The Bertz CT molecular complexity index is 2840. The molecular formula is C48H31NO. The molecule has 1 heterocycles. The van der Waals surface area contributed by atoms with Crippen molar-refractivity contribution in [2.24, 2.45) is 0 Å². The summed E-state index contributed by atoms with van der Waals surface area (Å²) in [6, 6.07) is 67.4. The molecule has 0 unspecified atom stereocenters. The fourth-order valence-corrected chi connectivity index (χ4v) is 7.89. The van der Waals surface area contributed by atoms with Crippen LogP contribution in [0.2, 0.25) is 0 Å². The molecule has 0 amide bonds. The molecule has 10 aromatic rings. The lowest BCUT2D eigenvalue weighted by Crippen LogP contribution is -2.11. The van der Waals surface area contributed by atoms with Crippen LogP contribution in [0.15, 0.2) is 192 Å². The Hall–Kier alpha value is -6.64. The molecule has 0 radical (unpaired) electrons. The SMILES string of the molecule is c1ccc(-c2cccc(N(c3ccccc3)c3ccccc3-c3cccc4c5ccc6oc7ccccc7c6c5c5ccccc5c34)c2)cc1. The maximum Gasteiger partial charge on any atom is 0.136 e. The van der Waals surface area contributed by atoms with E-state index >= 15 is 0 Å². The molecule has 0 saturated carbocycles. The summed E-state index contributed by atoms with van der Waals surface area (Å²) in [6.45, 7) is 0. The Morgan fingerprint density at radius 3 is 1.70 bits per heavy atom. The van der Waals surface area contributed by atoms with Crippen LogP contribution < -0.4 is 4.90 Å². The molecule has 0 aliphatic rings. The van der Waals surface area contributed by atoms with Crippen LogP contribution >= 0.6 is 0 Å². The second-order valence-electron chi connectivity index (χ2n) is 12.8. The van der Waals surface area contributed by atoms with E-state index in [1.807, 2.05) is 6.07 Å². The number of anilines is 3. The van der Waals surface area contributed by atoms with Crippen molar-refractivity contribution in [1.29, 1.82) is 0 Å². The third kappa shape index (κ3) is 4.43. The monoisotopic (exact) mass is 637 g/mol. The first kappa shape index (κ1) is 28.4. The number of nitrogens with zero attached hydrogens (tertiary/aromatic N) is 1. The topological polar surface area (TPSA) is 16.4 Å². The molecular weight excluding hydrogens is 607 g/mol. The van der Waals surface area contributed by atoms with Crippen LogP contribution in [0.25, 0.3) is 76.5 Å². The number of hydrogen-bond acceptors (Lipinski definition) is 2. The van der Waals surface area contributed by atoms with Gasteiger partial charge in [0.2, 0.25) is 0 Å². The highest BCUT2D eigenvalue weighted by Crippen LogP contribution is 2.48. The Morgan fingerprint density at radius 1 is 0.320 bits per heavy atom. The van der Waals surface area contributed by atoms with E-state index in [0.29, 0.717) is 0 Å². The largest absolute Gasteiger partial charge is 0.456 e. The molecule has 0 aliphatic heterocycles. The van der Waals surface area contributed by atoms with Gasteiger partial charge in [-0.3, -0.25) is 0 Å². The van der Waals surface area contributed by atoms with E-state index in [9.17, 15) is 0 Å². The zero-order valence-electron chi connectivity index (χ0n) is 27.3. The van der Waals surface area contributed by atoms with E-state index in [-0.39, 0.29) is 0 Å². The van der Waals surface area contributed by atoms with Crippen LogP contribution in [-0.2, 0) is 0 Å². The normalized spacial score (nSPS) is 11.6. The van der Waals surface area contributed by atoms with Crippen molar-refractivity contribution in [3.05, 3.63) is 188 Å². The smallest absolute Gasteiger partial charge is 0.136 e. The summed E-state index contributed by atoms with van der Waals surface area (Å²) in [7, 11) is 0. The predicted molar refractivity (Wildman–Crippen MR) is 212 cm³/mol. The van der Waals surface area contributed by atoms with Crippen molar-refractivity contribution in [3.8, 4) is 22.3 Å². The van der Waals surface area contributed by atoms with Gasteiger partial charge in [0.1, 0.15) is 11.2 Å². The van der Waals surface area contributed by atoms with E-state index in [0.717, 1.165) is 33.6 Å². The van der Waals surface area contributed by atoms with E-state index < -0.39 is 0 Å². The van der Waals surface area contributed by atoms with Crippen LogP contribution in [-0.4, -0.2) is 0 Å². The van der Waals surface area contributed by atoms with Gasteiger partial charge in [-0.05, 0) is 92.2 Å². The number of furan rings is 1. The second-order valence-corrected chi connectivity index (χ2v) is 12.8. The summed E-state index contributed by atoms with van der Waals surface area (Å²) >= 11 is 0. The van der Waals surface area contributed by atoms with Crippen molar-refractivity contribution in [3.63, 3.8) is 0 Å². The molecule has 0 spiro atoms. The highest BCUT2D eigenvalue weighted by Gasteiger charge is 2.21. The molecule has 1 aromatic heterocycles. The fourth-order valence-electron chi connectivity index (χ4n) is 7.89. The van der Waals surface area contributed by atoms with Gasteiger partial charge in [-0.2, -0.15) is 0 Å². The van der Waals surface area contributed by atoms with E-state index in [4.69, 9.17) is 4.42 Å². The molecule has 0 N–H and O–H groups in total. The quantitative estimate of drug-likeness (QED) is 0.175. The summed E-state index contributed by atoms with van der Waals surface area (Å²) in [5, 5.41) is 9.74. The first-order valence-electron chi connectivity index (χ1n) is 17.1. The maximum absolute atomic E-state index is 6.37. The summed E-state index contributed by atoms with van der Waals surface area (Å²) < 4.78 is 6.37. The lowest BCUT2D eigenvalue weighted by Gasteiger charge is -2.28. The molecule has 9 aromatic carbocycles. The molecule has 0 saturated heterocycles.